The maximum atomic E-state index is 11.0. The van der Waals surface area contributed by atoms with Crippen molar-refractivity contribution in [3.8, 4) is 0 Å². The fourth-order valence-electron chi connectivity index (χ4n) is 2.82. The molecule has 0 aromatic heterocycles. The molecule has 1 aliphatic rings. The fraction of sp³-hybridized carbons (Fsp3) is 0.571. The Bertz CT molecular complexity index is 461. The van der Waals surface area contributed by atoms with Gasteiger partial charge >= 0.3 is 0 Å². The van der Waals surface area contributed by atoms with Crippen LogP contribution in [0.25, 0.3) is 0 Å². The van der Waals surface area contributed by atoms with Crippen molar-refractivity contribution in [3.63, 3.8) is 0 Å². The second-order valence-electron chi connectivity index (χ2n) is 5.80. The number of rotatable bonds is 5. The highest BCUT2D eigenvalue weighted by molar-refractivity contribution is 5.85. The number of benzene rings is 1. The number of nitrogens with zero attached hydrogens (tertiary/aromatic N) is 2. The average Bonchev–Trinajstić information content (AvgIpc) is 2.75. The molecule has 0 bridgehead atoms. The van der Waals surface area contributed by atoms with E-state index in [2.05, 4.69) is 17.1 Å². The van der Waals surface area contributed by atoms with E-state index >= 15 is 0 Å². The van der Waals surface area contributed by atoms with Crippen molar-refractivity contribution in [3.05, 3.63) is 39.9 Å². The summed E-state index contributed by atoms with van der Waals surface area (Å²) in [6.45, 7) is 5.92. The van der Waals surface area contributed by atoms with Gasteiger partial charge in [-0.2, -0.15) is 0 Å². The monoisotopic (exact) mass is 299 g/mol. The van der Waals surface area contributed by atoms with Crippen molar-refractivity contribution in [1.82, 2.24) is 10.2 Å². The molecule has 0 aliphatic carbocycles. The first-order valence-corrected chi connectivity index (χ1v) is 6.62. The minimum Gasteiger partial charge on any atom is -0.316 e. The molecule has 2 rings (SSSR count). The number of hydrogen-bond donors (Lipinski definition) is 1. The lowest BCUT2D eigenvalue weighted by molar-refractivity contribution is -0.385. The molecular weight excluding hydrogens is 278 g/mol. The molecule has 1 heterocycles. The van der Waals surface area contributed by atoms with Crippen LogP contribution < -0.4 is 5.32 Å². The van der Waals surface area contributed by atoms with E-state index < -0.39 is 0 Å². The largest absolute Gasteiger partial charge is 0.316 e. The molecule has 0 saturated carbocycles. The molecule has 0 spiro atoms. The van der Waals surface area contributed by atoms with Crippen LogP contribution in [-0.4, -0.2) is 36.5 Å². The number of halogens is 1. The first kappa shape index (κ1) is 16.9. The summed E-state index contributed by atoms with van der Waals surface area (Å²) in [5.41, 5.74) is 1.27. The summed E-state index contributed by atoms with van der Waals surface area (Å²) in [5, 5.41) is 14.4. The molecule has 1 atom stereocenters. The van der Waals surface area contributed by atoms with Crippen LogP contribution in [-0.2, 0) is 6.54 Å². The summed E-state index contributed by atoms with van der Waals surface area (Å²) < 4.78 is 0. The highest BCUT2D eigenvalue weighted by Gasteiger charge is 2.30. The molecule has 1 aliphatic heterocycles. The molecule has 1 N–H and O–H groups in total. The summed E-state index contributed by atoms with van der Waals surface area (Å²) >= 11 is 0. The van der Waals surface area contributed by atoms with Gasteiger partial charge in [-0.1, -0.05) is 25.1 Å². The predicted molar refractivity (Wildman–Crippen MR) is 82.3 cm³/mol. The van der Waals surface area contributed by atoms with Crippen molar-refractivity contribution in [1.29, 1.82) is 0 Å². The van der Waals surface area contributed by atoms with Gasteiger partial charge in [0.2, 0.25) is 0 Å². The van der Waals surface area contributed by atoms with Crippen molar-refractivity contribution in [2.24, 2.45) is 5.41 Å². The lowest BCUT2D eigenvalue weighted by Crippen LogP contribution is -2.34. The van der Waals surface area contributed by atoms with Gasteiger partial charge in [-0.15, -0.1) is 12.4 Å². The molecule has 112 valence electrons. The van der Waals surface area contributed by atoms with Gasteiger partial charge in [0.05, 0.1) is 4.92 Å². The van der Waals surface area contributed by atoms with Crippen LogP contribution in [0.5, 0.6) is 0 Å². The second-order valence-corrected chi connectivity index (χ2v) is 5.80. The number of nitro groups is 1. The molecular formula is C14H22ClN3O2. The number of hydrogen-bond acceptors (Lipinski definition) is 4. The Labute approximate surface area is 125 Å². The van der Waals surface area contributed by atoms with E-state index in [1.54, 1.807) is 12.1 Å². The Morgan fingerprint density at radius 1 is 1.45 bits per heavy atom. The molecule has 1 aromatic carbocycles. The Morgan fingerprint density at radius 3 is 2.75 bits per heavy atom. The van der Waals surface area contributed by atoms with Crippen LogP contribution in [0.4, 0.5) is 5.69 Å². The van der Waals surface area contributed by atoms with E-state index in [-0.39, 0.29) is 28.4 Å². The van der Waals surface area contributed by atoms with Gasteiger partial charge in [-0.05, 0) is 25.4 Å². The van der Waals surface area contributed by atoms with Crippen LogP contribution in [0.3, 0.4) is 0 Å². The van der Waals surface area contributed by atoms with Gasteiger partial charge in [0.1, 0.15) is 0 Å². The van der Waals surface area contributed by atoms with Crippen LogP contribution in [0, 0.1) is 15.5 Å². The van der Waals surface area contributed by atoms with Crippen molar-refractivity contribution >= 4 is 18.1 Å². The molecule has 6 heteroatoms. The Kier molecular flexibility index (Phi) is 5.92. The summed E-state index contributed by atoms with van der Waals surface area (Å²) in [5.74, 6) is 0. The minimum atomic E-state index is -0.304. The summed E-state index contributed by atoms with van der Waals surface area (Å²) in [7, 11) is 2.03. The van der Waals surface area contributed by atoms with Gasteiger partial charge in [0, 0.05) is 31.3 Å². The molecule has 1 saturated heterocycles. The summed E-state index contributed by atoms with van der Waals surface area (Å²) in [4.78, 5) is 12.9. The first-order valence-electron chi connectivity index (χ1n) is 6.62. The second kappa shape index (κ2) is 7.02. The van der Waals surface area contributed by atoms with E-state index in [1.165, 1.54) is 0 Å². The SMILES string of the molecule is CN(Cc1ccccc1[N+](=O)[O-])CC1(C)CCNC1.Cl. The van der Waals surface area contributed by atoms with Gasteiger partial charge < -0.3 is 10.2 Å². The highest BCUT2D eigenvalue weighted by atomic mass is 35.5. The standard InChI is InChI=1S/C14H21N3O2.ClH/c1-14(7-8-15-10-14)11-16(2)9-12-5-3-4-6-13(12)17(18)19;/h3-6,15H,7-11H2,1-2H3;1H. The van der Waals surface area contributed by atoms with Crippen LogP contribution in [0.2, 0.25) is 0 Å². The Balaban J connectivity index is 0.00000200. The van der Waals surface area contributed by atoms with E-state index in [9.17, 15) is 10.1 Å². The molecule has 1 aromatic rings. The smallest absolute Gasteiger partial charge is 0.273 e. The molecule has 0 radical (unpaired) electrons. The third-order valence-corrected chi connectivity index (χ3v) is 3.74. The van der Waals surface area contributed by atoms with E-state index in [1.807, 2.05) is 19.2 Å². The van der Waals surface area contributed by atoms with E-state index in [4.69, 9.17) is 0 Å². The first-order chi connectivity index (χ1) is 9.00. The minimum absolute atomic E-state index is 0. The summed E-state index contributed by atoms with van der Waals surface area (Å²) in [6.07, 6.45) is 1.16. The molecule has 1 unspecified atom stereocenters. The third kappa shape index (κ3) is 4.16. The molecule has 5 nitrogen and oxygen atoms in total. The number of nitro benzene ring substituents is 1. The number of para-hydroxylation sites is 1. The lowest BCUT2D eigenvalue weighted by atomic mass is 9.89. The van der Waals surface area contributed by atoms with Crippen molar-refractivity contribution in [2.45, 2.75) is 19.9 Å². The van der Waals surface area contributed by atoms with Gasteiger partial charge in [-0.25, -0.2) is 0 Å². The molecule has 0 amide bonds. The maximum Gasteiger partial charge on any atom is 0.273 e. The van der Waals surface area contributed by atoms with Crippen molar-refractivity contribution < 1.29 is 4.92 Å². The Morgan fingerprint density at radius 2 is 2.15 bits per heavy atom. The topological polar surface area (TPSA) is 58.4 Å². The predicted octanol–water partition coefficient (Wildman–Crippen LogP) is 2.45. The average molecular weight is 300 g/mol. The fourth-order valence-corrected chi connectivity index (χ4v) is 2.82. The number of nitrogens with one attached hydrogen (secondary N) is 1. The van der Waals surface area contributed by atoms with Crippen LogP contribution in [0.15, 0.2) is 24.3 Å². The van der Waals surface area contributed by atoms with Gasteiger partial charge in [0.15, 0.2) is 0 Å². The zero-order valence-corrected chi connectivity index (χ0v) is 12.8. The van der Waals surface area contributed by atoms with Crippen LogP contribution >= 0.6 is 12.4 Å². The van der Waals surface area contributed by atoms with Gasteiger partial charge in [-0.3, -0.25) is 10.1 Å². The zero-order valence-electron chi connectivity index (χ0n) is 12.0. The van der Waals surface area contributed by atoms with E-state index in [0.717, 1.165) is 31.6 Å². The Hall–Kier alpha value is -1.17. The highest BCUT2D eigenvalue weighted by Crippen LogP contribution is 2.27. The summed E-state index contributed by atoms with van der Waals surface area (Å²) in [6, 6.07) is 6.98. The van der Waals surface area contributed by atoms with Crippen molar-refractivity contribution in [2.75, 3.05) is 26.7 Å². The van der Waals surface area contributed by atoms with Gasteiger partial charge in [0.25, 0.3) is 5.69 Å². The zero-order chi connectivity index (χ0) is 13.9. The molecule has 20 heavy (non-hydrogen) atoms. The third-order valence-electron chi connectivity index (χ3n) is 3.74. The van der Waals surface area contributed by atoms with E-state index in [0.29, 0.717) is 6.54 Å². The lowest BCUT2D eigenvalue weighted by Gasteiger charge is -2.29. The van der Waals surface area contributed by atoms with Crippen LogP contribution in [0.1, 0.15) is 18.9 Å². The quantitative estimate of drug-likeness (QED) is 0.670. The maximum absolute atomic E-state index is 11.0. The molecule has 1 fully saturated rings. The normalized spacial score (nSPS) is 21.8.